The summed E-state index contributed by atoms with van der Waals surface area (Å²) >= 11 is 6.00. The van der Waals surface area contributed by atoms with Crippen molar-refractivity contribution in [2.45, 2.75) is 25.8 Å². The summed E-state index contributed by atoms with van der Waals surface area (Å²) in [5.41, 5.74) is 1.93. The number of carbonyl (C=O) groups excluding carboxylic acids is 1. The predicted octanol–water partition coefficient (Wildman–Crippen LogP) is 2.34. The number of anilines is 1. The minimum atomic E-state index is 0.0278. The van der Waals surface area contributed by atoms with E-state index in [2.05, 4.69) is 10.6 Å². The van der Waals surface area contributed by atoms with Gasteiger partial charge in [0.2, 0.25) is 5.91 Å². The molecule has 16 heavy (non-hydrogen) atoms. The zero-order valence-corrected chi connectivity index (χ0v) is 9.97. The van der Waals surface area contributed by atoms with Crippen LogP contribution >= 0.6 is 11.6 Å². The van der Waals surface area contributed by atoms with Gasteiger partial charge in [0.1, 0.15) is 0 Å². The maximum atomic E-state index is 11.4. The summed E-state index contributed by atoms with van der Waals surface area (Å²) in [5.74, 6) is 0.0278. The number of aryl methyl sites for hydroxylation is 1. The molecule has 0 atom stereocenters. The molecule has 0 saturated heterocycles. The summed E-state index contributed by atoms with van der Waals surface area (Å²) in [4.78, 5) is 11.4. The fourth-order valence-electron chi connectivity index (χ4n) is 1.46. The molecule has 1 aromatic rings. The van der Waals surface area contributed by atoms with Gasteiger partial charge in [0.05, 0.1) is 17.3 Å². The molecule has 0 heterocycles. The maximum Gasteiger partial charge on any atom is 0.239 e. The smallest absolute Gasteiger partial charge is 0.239 e. The van der Waals surface area contributed by atoms with E-state index in [1.165, 1.54) is 0 Å². The Kier molecular flexibility index (Phi) is 3.34. The van der Waals surface area contributed by atoms with E-state index in [0.717, 1.165) is 24.1 Å². The summed E-state index contributed by atoms with van der Waals surface area (Å²) in [7, 11) is 0. The number of amides is 1. The van der Waals surface area contributed by atoms with Gasteiger partial charge in [0.15, 0.2) is 0 Å². The van der Waals surface area contributed by atoms with E-state index >= 15 is 0 Å². The lowest BCUT2D eigenvalue weighted by Gasteiger charge is -2.09. The van der Waals surface area contributed by atoms with Gasteiger partial charge in [0.25, 0.3) is 0 Å². The van der Waals surface area contributed by atoms with Crippen molar-refractivity contribution in [3.8, 4) is 0 Å². The standard InChI is InChI=1S/C12H15ClN2O/c1-8-2-5-10(13)11(6-8)14-7-12(16)15-9-3-4-9/h2,5-6,9,14H,3-4,7H2,1H3,(H,15,16). The van der Waals surface area contributed by atoms with Gasteiger partial charge in [-0.25, -0.2) is 0 Å². The highest BCUT2D eigenvalue weighted by Crippen LogP contribution is 2.22. The fraction of sp³-hybridized carbons (Fsp3) is 0.417. The van der Waals surface area contributed by atoms with Gasteiger partial charge in [-0.3, -0.25) is 4.79 Å². The van der Waals surface area contributed by atoms with Crippen molar-refractivity contribution in [3.05, 3.63) is 28.8 Å². The number of rotatable bonds is 4. The highest BCUT2D eigenvalue weighted by atomic mass is 35.5. The quantitative estimate of drug-likeness (QED) is 0.846. The van der Waals surface area contributed by atoms with Gasteiger partial charge >= 0.3 is 0 Å². The molecular weight excluding hydrogens is 224 g/mol. The van der Waals surface area contributed by atoms with Crippen molar-refractivity contribution >= 4 is 23.2 Å². The lowest BCUT2D eigenvalue weighted by Crippen LogP contribution is -2.31. The molecule has 2 rings (SSSR count). The lowest BCUT2D eigenvalue weighted by molar-refractivity contribution is -0.119. The third kappa shape index (κ3) is 3.14. The Bertz CT molecular complexity index is 402. The monoisotopic (exact) mass is 238 g/mol. The number of benzene rings is 1. The van der Waals surface area contributed by atoms with Crippen molar-refractivity contribution in [3.63, 3.8) is 0 Å². The maximum absolute atomic E-state index is 11.4. The highest BCUT2D eigenvalue weighted by molar-refractivity contribution is 6.33. The molecular formula is C12H15ClN2O. The predicted molar refractivity (Wildman–Crippen MR) is 65.8 cm³/mol. The van der Waals surface area contributed by atoms with Gasteiger partial charge in [-0.1, -0.05) is 17.7 Å². The molecule has 0 unspecified atom stereocenters. The number of nitrogens with one attached hydrogen (secondary N) is 2. The topological polar surface area (TPSA) is 41.1 Å². The molecule has 4 heteroatoms. The van der Waals surface area contributed by atoms with E-state index in [1.54, 1.807) is 0 Å². The van der Waals surface area contributed by atoms with Crippen LogP contribution in [-0.4, -0.2) is 18.5 Å². The zero-order chi connectivity index (χ0) is 11.5. The van der Waals surface area contributed by atoms with E-state index in [1.807, 2.05) is 25.1 Å². The summed E-state index contributed by atoms with van der Waals surface area (Å²) in [6.45, 7) is 2.27. The first-order valence-corrected chi connectivity index (χ1v) is 5.82. The molecule has 86 valence electrons. The Hall–Kier alpha value is -1.22. The number of carbonyl (C=O) groups is 1. The van der Waals surface area contributed by atoms with Crippen LogP contribution < -0.4 is 10.6 Å². The minimum Gasteiger partial charge on any atom is -0.375 e. The van der Waals surface area contributed by atoms with Crippen LogP contribution in [0.2, 0.25) is 5.02 Å². The Morgan fingerprint density at radius 3 is 2.94 bits per heavy atom. The first-order chi connectivity index (χ1) is 7.65. The molecule has 1 aromatic carbocycles. The van der Waals surface area contributed by atoms with Gasteiger partial charge in [0, 0.05) is 6.04 Å². The molecule has 0 radical (unpaired) electrons. The zero-order valence-electron chi connectivity index (χ0n) is 9.22. The lowest BCUT2D eigenvalue weighted by atomic mass is 10.2. The van der Waals surface area contributed by atoms with Crippen LogP contribution in [0.3, 0.4) is 0 Å². The molecule has 1 fully saturated rings. The number of hydrogen-bond donors (Lipinski definition) is 2. The van der Waals surface area contributed by atoms with Crippen molar-refractivity contribution in [2.24, 2.45) is 0 Å². The van der Waals surface area contributed by atoms with Gasteiger partial charge < -0.3 is 10.6 Å². The van der Waals surface area contributed by atoms with Crippen LogP contribution in [0.5, 0.6) is 0 Å². The first-order valence-electron chi connectivity index (χ1n) is 5.44. The molecule has 2 N–H and O–H groups in total. The van der Waals surface area contributed by atoms with Gasteiger partial charge in [-0.2, -0.15) is 0 Å². The fourth-order valence-corrected chi connectivity index (χ4v) is 1.64. The molecule has 0 aromatic heterocycles. The molecule has 3 nitrogen and oxygen atoms in total. The van der Waals surface area contributed by atoms with E-state index in [4.69, 9.17) is 11.6 Å². The second kappa shape index (κ2) is 4.74. The van der Waals surface area contributed by atoms with E-state index in [9.17, 15) is 4.79 Å². The van der Waals surface area contributed by atoms with Crippen molar-refractivity contribution in [2.75, 3.05) is 11.9 Å². The molecule has 0 spiro atoms. The van der Waals surface area contributed by atoms with Crippen LogP contribution in [0.1, 0.15) is 18.4 Å². The van der Waals surface area contributed by atoms with Crippen molar-refractivity contribution in [1.82, 2.24) is 5.32 Å². The third-order valence-corrected chi connectivity index (χ3v) is 2.83. The first kappa shape index (κ1) is 11.3. The molecule has 1 aliphatic rings. The summed E-state index contributed by atoms with van der Waals surface area (Å²) in [6.07, 6.45) is 2.22. The highest BCUT2D eigenvalue weighted by Gasteiger charge is 2.22. The average molecular weight is 239 g/mol. The average Bonchev–Trinajstić information content (AvgIpc) is 3.03. The summed E-state index contributed by atoms with van der Waals surface area (Å²) in [5, 5.41) is 6.60. The molecule has 0 bridgehead atoms. The van der Waals surface area contributed by atoms with Crippen LogP contribution in [0.25, 0.3) is 0 Å². The third-order valence-electron chi connectivity index (χ3n) is 2.50. The number of halogens is 1. The van der Waals surface area contributed by atoms with Crippen LogP contribution in [-0.2, 0) is 4.79 Å². The molecule has 1 amide bonds. The molecule has 1 saturated carbocycles. The summed E-state index contributed by atoms with van der Waals surface area (Å²) < 4.78 is 0. The van der Waals surface area contributed by atoms with Crippen molar-refractivity contribution in [1.29, 1.82) is 0 Å². The van der Waals surface area contributed by atoms with Crippen LogP contribution in [0.4, 0.5) is 5.69 Å². The van der Waals surface area contributed by atoms with Gasteiger partial charge in [-0.05, 0) is 37.5 Å². The molecule has 0 aliphatic heterocycles. The Morgan fingerprint density at radius 2 is 2.25 bits per heavy atom. The van der Waals surface area contributed by atoms with E-state index in [0.29, 0.717) is 11.1 Å². The minimum absolute atomic E-state index is 0.0278. The SMILES string of the molecule is Cc1ccc(Cl)c(NCC(=O)NC2CC2)c1. The number of hydrogen-bond acceptors (Lipinski definition) is 2. The van der Waals surface area contributed by atoms with E-state index in [-0.39, 0.29) is 12.5 Å². The van der Waals surface area contributed by atoms with Crippen molar-refractivity contribution < 1.29 is 4.79 Å². The Morgan fingerprint density at radius 1 is 1.50 bits per heavy atom. The largest absolute Gasteiger partial charge is 0.375 e. The van der Waals surface area contributed by atoms with Crippen LogP contribution in [0.15, 0.2) is 18.2 Å². The van der Waals surface area contributed by atoms with Crippen LogP contribution in [0, 0.1) is 6.92 Å². The second-order valence-corrected chi connectivity index (χ2v) is 4.59. The second-order valence-electron chi connectivity index (χ2n) is 4.18. The van der Waals surface area contributed by atoms with Gasteiger partial charge in [-0.15, -0.1) is 0 Å². The summed E-state index contributed by atoms with van der Waals surface area (Å²) in [6, 6.07) is 6.12. The molecule has 1 aliphatic carbocycles. The Labute approximate surface area is 100 Å². The Balaban J connectivity index is 1.87. The normalized spacial score (nSPS) is 14.6. The van der Waals surface area contributed by atoms with E-state index < -0.39 is 0 Å².